The summed E-state index contributed by atoms with van der Waals surface area (Å²) < 4.78 is 38.5. The first kappa shape index (κ1) is 24.0. The van der Waals surface area contributed by atoms with Gasteiger partial charge in [-0.25, -0.2) is 0 Å². The lowest BCUT2D eigenvalue weighted by atomic mass is 9.90. The number of nitrogens with one attached hydrogen (secondary N) is 2. The molecule has 2 aromatic carbocycles. The largest absolute Gasteiger partial charge is 0.416 e. The lowest BCUT2D eigenvalue weighted by Gasteiger charge is -2.33. The number of amides is 1. The molecule has 1 fully saturated rings. The number of carbonyl (C=O) groups is 2. The number of halogens is 3. The van der Waals surface area contributed by atoms with Crippen molar-refractivity contribution < 1.29 is 22.8 Å². The fraction of sp³-hybridized carbons (Fsp3) is 0.440. The van der Waals surface area contributed by atoms with Gasteiger partial charge in [0.1, 0.15) is 0 Å². The van der Waals surface area contributed by atoms with Crippen LogP contribution in [0.15, 0.2) is 48.5 Å². The molecule has 2 aromatic rings. The van der Waals surface area contributed by atoms with Gasteiger partial charge in [-0.1, -0.05) is 54.8 Å². The van der Waals surface area contributed by atoms with Crippen LogP contribution >= 0.6 is 0 Å². The normalized spacial score (nSPS) is 18.9. The Hall–Kier alpha value is -2.67. The third-order valence-electron chi connectivity index (χ3n) is 5.89. The van der Waals surface area contributed by atoms with E-state index in [0.717, 1.165) is 37.8 Å². The average molecular weight is 447 g/mol. The zero-order chi connectivity index (χ0) is 23.1. The Labute approximate surface area is 186 Å². The Morgan fingerprint density at radius 2 is 1.66 bits per heavy atom. The van der Waals surface area contributed by atoms with Crippen LogP contribution < -0.4 is 10.6 Å². The van der Waals surface area contributed by atoms with Gasteiger partial charge in [-0.2, -0.15) is 13.2 Å². The summed E-state index contributed by atoms with van der Waals surface area (Å²) >= 11 is 0. The summed E-state index contributed by atoms with van der Waals surface area (Å²) in [6, 6.07) is 12.7. The van der Waals surface area contributed by atoms with Crippen molar-refractivity contribution in [3.63, 3.8) is 0 Å². The Kier molecular flexibility index (Phi) is 8.07. The number of alkyl halides is 3. The summed E-state index contributed by atoms with van der Waals surface area (Å²) in [7, 11) is 0. The molecule has 4 nitrogen and oxygen atoms in total. The molecule has 1 saturated carbocycles. The summed E-state index contributed by atoms with van der Waals surface area (Å²) in [6.07, 6.45) is -0.742. The number of Topliss-reactive ketones (excluding diaryl/α,β-unsaturated/α-hetero) is 1. The first-order valence-corrected chi connectivity index (χ1v) is 11.0. The number of aryl methyl sites for hydroxylation is 1. The highest BCUT2D eigenvalue weighted by atomic mass is 19.4. The van der Waals surface area contributed by atoms with Crippen LogP contribution in [0, 0.1) is 6.92 Å². The van der Waals surface area contributed by atoms with Crippen LogP contribution in [0.3, 0.4) is 0 Å². The standard InChI is InChI=1S/C25H29F3N2O2/c1-17-9-11-18(12-10-17)16-29-21-7-2-3-8-22(21)30-24(32)14-13-23(31)19-5-4-6-20(15-19)25(26,27)28/h4-6,9-12,15,21-22,29H,2-3,7-8,13-14,16H2,1H3,(H,30,32)/t21-,22+/m1/s1. The predicted molar refractivity (Wildman–Crippen MR) is 117 cm³/mol. The first-order valence-electron chi connectivity index (χ1n) is 11.0. The van der Waals surface area contributed by atoms with E-state index >= 15 is 0 Å². The molecular formula is C25H29F3N2O2. The van der Waals surface area contributed by atoms with Crippen molar-refractivity contribution in [1.29, 1.82) is 0 Å². The van der Waals surface area contributed by atoms with Crippen molar-refractivity contribution in [2.24, 2.45) is 0 Å². The maximum Gasteiger partial charge on any atom is 0.416 e. The van der Waals surface area contributed by atoms with Crippen molar-refractivity contribution in [2.75, 3.05) is 0 Å². The number of ketones is 1. The van der Waals surface area contributed by atoms with Crippen molar-refractivity contribution in [1.82, 2.24) is 10.6 Å². The average Bonchev–Trinajstić information content (AvgIpc) is 2.77. The molecule has 0 radical (unpaired) electrons. The molecule has 1 aliphatic carbocycles. The third kappa shape index (κ3) is 6.92. The van der Waals surface area contributed by atoms with E-state index in [9.17, 15) is 22.8 Å². The van der Waals surface area contributed by atoms with Crippen LogP contribution in [0.5, 0.6) is 0 Å². The minimum absolute atomic E-state index is 0.0228. The van der Waals surface area contributed by atoms with Crippen LogP contribution in [-0.4, -0.2) is 23.8 Å². The molecule has 7 heteroatoms. The van der Waals surface area contributed by atoms with Gasteiger partial charge in [-0.3, -0.25) is 9.59 Å². The zero-order valence-corrected chi connectivity index (χ0v) is 18.2. The quantitative estimate of drug-likeness (QED) is 0.549. The lowest BCUT2D eigenvalue weighted by molar-refractivity contribution is -0.137. The minimum atomic E-state index is -4.50. The molecule has 0 saturated heterocycles. The minimum Gasteiger partial charge on any atom is -0.352 e. The van der Waals surface area contributed by atoms with Crippen LogP contribution in [0.25, 0.3) is 0 Å². The van der Waals surface area contributed by atoms with Crippen LogP contribution in [-0.2, 0) is 17.5 Å². The zero-order valence-electron chi connectivity index (χ0n) is 18.2. The highest BCUT2D eigenvalue weighted by molar-refractivity contribution is 5.98. The second-order valence-electron chi connectivity index (χ2n) is 8.43. The molecule has 2 N–H and O–H groups in total. The van der Waals surface area contributed by atoms with E-state index in [1.165, 1.54) is 23.3 Å². The smallest absolute Gasteiger partial charge is 0.352 e. The Morgan fingerprint density at radius 3 is 2.34 bits per heavy atom. The summed E-state index contributed by atoms with van der Waals surface area (Å²) in [4.78, 5) is 24.8. The van der Waals surface area contributed by atoms with Gasteiger partial charge in [0.25, 0.3) is 0 Å². The second-order valence-corrected chi connectivity index (χ2v) is 8.43. The fourth-order valence-electron chi connectivity index (χ4n) is 4.02. The van der Waals surface area contributed by atoms with Crippen molar-refractivity contribution in [2.45, 2.75) is 70.3 Å². The summed E-state index contributed by atoms with van der Waals surface area (Å²) in [5, 5.41) is 6.56. The molecule has 0 aliphatic heterocycles. The number of rotatable bonds is 8. The maximum atomic E-state index is 12.8. The molecule has 0 spiro atoms. The Bertz CT molecular complexity index is 926. The monoisotopic (exact) mass is 446 g/mol. The third-order valence-corrected chi connectivity index (χ3v) is 5.89. The number of benzene rings is 2. The molecule has 1 amide bonds. The Balaban J connectivity index is 1.50. The van der Waals surface area contributed by atoms with E-state index in [4.69, 9.17) is 0 Å². The highest BCUT2D eigenvalue weighted by Gasteiger charge is 2.31. The van der Waals surface area contributed by atoms with Gasteiger partial charge < -0.3 is 10.6 Å². The van der Waals surface area contributed by atoms with Crippen molar-refractivity contribution in [3.8, 4) is 0 Å². The maximum absolute atomic E-state index is 12.8. The summed E-state index contributed by atoms with van der Waals surface area (Å²) in [5.41, 5.74) is 1.50. The number of hydrogen-bond donors (Lipinski definition) is 2. The van der Waals surface area contributed by atoms with E-state index in [-0.39, 0.29) is 36.4 Å². The molecule has 3 rings (SSSR count). The van der Waals surface area contributed by atoms with Gasteiger partial charge in [0.2, 0.25) is 5.91 Å². The fourth-order valence-corrected chi connectivity index (χ4v) is 4.02. The van der Waals surface area contributed by atoms with Gasteiger partial charge in [-0.05, 0) is 37.5 Å². The van der Waals surface area contributed by atoms with Gasteiger partial charge in [0, 0.05) is 37.0 Å². The van der Waals surface area contributed by atoms with Gasteiger partial charge >= 0.3 is 6.18 Å². The molecule has 0 bridgehead atoms. The first-order chi connectivity index (χ1) is 15.2. The topological polar surface area (TPSA) is 58.2 Å². The molecule has 172 valence electrons. The summed E-state index contributed by atoms with van der Waals surface area (Å²) in [5.74, 6) is -0.719. The predicted octanol–water partition coefficient (Wildman–Crippen LogP) is 5.19. The second kappa shape index (κ2) is 10.8. The molecule has 32 heavy (non-hydrogen) atoms. The van der Waals surface area contributed by atoms with E-state index in [0.29, 0.717) is 6.54 Å². The molecule has 0 heterocycles. The van der Waals surface area contributed by atoms with E-state index < -0.39 is 17.5 Å². The summed E-state index contributed by atoms with van der Waals surface area (Å²) in [6.45, 7) is 2.76. The Morgan fingerprint density at radius 1 is 0.969 bits per heavy atom. The van der Waals surface area contributed by atoms with Crippen LogP contribution in [0.2, 0.25) is 0 Å². The van der Waals surface area contributed by atoms with Gasteiger partial charge in [0.15, 0.2) is 5.78 Å². The highest BCUT2D eigenvalue weighted by Crippen LogP contribution is 2.29. The molecule has 0 unspecified atom stereocenters. The number of carbonyl (C=O) groups excluding carboxylic acids is 2. The van der Waals surface area contributed by atoms with E-state index in [1.54, 1.807) is 0 Å². The van der Waals surface area contributed by atoms with Crippen LogP contribution in [0.4, 0.5) is 13.2 Å². The molecular weight excluding hydrogens is 417 g/mol. The molecule has 1 aliphatic rings. The lowest BCUT2D eigenvalue weighted by Crippen LogP contribution is -2.51. The van der Waals surface area contributed by atoms with Gasteiger partial charge in [0.05, 0.1) is 5.56 Å². The van der Waals surface area contributed by atoms with Gasteiger partial charge in [-0.15, -0.1) is 0 Å². The van der Waals surface area contributed by atoms with E-state index in [2.05, 4.69) is 34.9 Å². The SMILES string of the molecule is Cc1ccc(CN[C@@H]2CCCC[C@@H]2NC(=O)CCC(=O)c2cccc(C(F)(F)F)c2)cc1. The molecule has 2 atom stereocenters. The molecule has 0 aromatic heterocycles. The van der Waals surface area contributed by atoms with Crippen molar-refractivity contribution >= 4 is 11.7 Å². The number of hydrogen-bond acceptors (Lipinski definition) is 3. The van der Waals surface area contributed by atoms with Crippen LogP contribution in [0.1, 0.15) is 65.6 Å². The van der Waals surface area contributed by atoms with Crippen molar-refractivity contribution in [3.05, 3.63) is 70.8 Å². The van der Waals surface area contributed by atoms with E-state index in [1.807, 2.05) is 6.92 Å².